The van der Waals surface area contributed by atoms with Crippen LogP contribution in [0.15, 0.2) is 18.2 Å². The van der Waals surface area contributed by atoms with Crippen molar-refractivity contribution >= 4 is 11.6 Å². The summed E-state index contributed by atoms with van der Waals surface area (Å²) in [6.45, 7) is 0.289. The van der Waals surface area contributed by atoms with Crippen LogP contribution < -0.4 is 5.73 Å². The summed E-state index contributed by atoms with van der Waals surface area (Å²) >= 11 is 5.76. The number of halogens is 1. The van der Waals surface area contributed by atoms with E-state index in [1.54, 1.807) is 6.07 Å². The van der Waals surface area contributed by atoms with E-state index in [-0.39, 0.29) is 12.1 Å². The molecular formula is C11H13ClN2O2. The summed E-state index contributed by atoms with van der Waals surface area (Å²) in [5.74, 6) is 0. The van der Waals surface area contributed by atoms with Crippen LogP contribution in [0.1, 0.15) is 23.7 Å². The molecule has 0 aliphatic carbocycles. The Kier molecular flexibility index (Phi) is 4.71. The summed E-state index contributed by atoms with van der Waals surface area (Å²) in [5.41, 5.74) is 6.02. The zero-order valence-corrected chi connectivity index (χ0v) is 9.35. The van der Waals surface area contributed by atoms with Crippen LogP contribution in [0.5, 0.6) is 0 Å². The van der Waals surface area contributed by atoms with Gasteiger partial charge in [0.1, 0.15) is 12.2 Å². The Labute approximate surface area is 98.9 Å². The van der Waals surface area contributed by atoms with E-state index < -0.39 is 12.2 Å². The number of hydrogen-bond acceptors (Lipinski definition) is 4. The van der Waals surface area contributed by atoms with E-state index in [4.69, 9.17) is 22.6 Å². The summed E-state index contributed by atoms with van der Waals surface area (Å²) in [6.07, 6.45) is -1.68. The predicted molar refractivity (Wildman–Crippen MR) is 60.8 cm³/mol. The lowest BCUT2D eigenvalue weighted by molar-refractivity contribution is 0.0150. The number of hydrogen-bond donors (Lipinski definition) is 3. The topological polar surface area (TPSA) is 90.3 Å². The molecular weight excluding hydrogens is 228 g/mol. The van der Waals surface area contributed by atoms with Gasteiger partial charge in [0.05, 0.1) is 16.7 Å². The molecule has 16 heavy (non-hydrogen) atoms. The first-order valence-corrected chi connectivity index (χ1v) is 5.23. The van der Waals surface area contributed by atoms with Crippen molar-refractivity contribution in [2.45, 2.75) is 18.6 Å². The van der Waals surface area contributed by atoms with Crippen LogP contribution in [0, 0.1) is 11.3 Å². The summed E-state index contributed by atoms with van der Waals surface area (Å²) < 4.78 is 0. The van der Waals surface area contributed by atoms with E-state index in [0.29, 0.717) is 17.0 Å². The SMILES string of the molecule is N#Cc1cc(C(O)C(O)CCN)ccc1Cl. The Bertz CT molecular complexity index is 403. The van der Waals surface area contributed by atoms with Gasteiger partial charge in [-0.05, 0) is 30.7 Å². The second-order valence-electron chi connectivity index (χ2n) is 3.44. The monoisotopic (exact) mass is 240 g/mol. The van der Waals surface area contributed by atoms with Crippen molar-refractivity contribution in [3.05, 3.63) is 34.3 Å². The van der Waals surface area contributed by atoms with Crippen molar-refractivity contribution in [3.63, 3.8) is 0 Å². The minimum absolute atomic E-state index is 0.276. The van der Waals surface area contributed by atoms with Gasteiger partial charge in [0.2, 0.25) is 0 Å². The van der Waals surface area contributed by atoms with Gasteiger partial charge >= 0.3 is 0 Å². The minimum atomic E-state index is -1.05. The van der Waals surface area contributed by atoms with Crippen LogP contribution in [0.3, 0.4) is 0 Å². The lowest BCUT2D eigenvalue weighted by Gasteiger charge is -2.17. The van der Waals surface area contributed by atoms with E-state index in [9.17, 15) is 10.2 Å². The van der Waals surface area contributed by atoms with Gasteiger partial charge in [0.25, 0.3) is 0 Å². The average molecular weight is 241 g/mol. The van der Waals surface area contributed by atoms with E-state index in [1.807, 2.05) is 6.07 Å². The first-order chi connectivity index (χ1) is 7.60. The Hall–Kier alpha value is -1.12. The Morgan fingerprint density at radius 3 is 2.69 bits per heavy atom. The second-order valence-corrected chi connectivity index (χ2v) is 3.85. The maximum Gasteiger partial charge on any atom is 0.105 e. The Balaban J connectivity index is 2.92. The van der Waals surface area contributed by atoms with Gasteiger partial charge in [0.15, 0.2) is 0 Å². The smallest absolute Gasteiger partial charge is 0.105 e. The fourth-order valence-electron chi connectivity index (χ4n) is 1.36. The predicted octanol–water partition coefficient (Wildman–Crippen LogP) is 0.955. The molecule has 0 spiro atoms. The van der Waals surface area contributed by atoms with Gasteiger partial charge in [0, 0.05) is 0 Å². The van der Waals surface area contributed by atoms with Gasteiger partial charge in [-0.25, -0.2) is 0 Å². The van der Waals surface area contributed by atoms with Crippen LogP contribution in [0.2, 0.25) is 5.02 Å². The lowest BCUT2D eigenvalue weighted by Crippen LogP contribution is -2.21. The molecule has 0 saturated heterocycles. The van der Waals surface area contributed by atoms with E-state index in [0.717, 1.165) is 0 Å². The van der Waals surface area contributed by atoms with Gasteiger partial charge in [-0.2, -0.15) is 5.26 Å². The molecule has 0 radical (unpaired) electrons. The highest BCUT2D eigenvalue weighted by Gasteiger charge is 2.18. The molecule has 4 N–H and O–H groups in total. The van der Waals surface area contributed by atoms with Crippen molar-refractivity contribution in [3.8, 4) is 6.07 Å². The molecule has 0 saturated carbocycles. The average Bonchev–Trinajstić information content (AvgIpc) is 2.29. The molecule has 0 fully saturated rings. The zero-order chi connectivity index (χ0) is 12.1. The van der Waals surface area contributed by atoms with Crippen molar-refractivity contribution in [2.24, 2.45) is 5.73 Å². The normalized spacial score (nSPS) is 14.2. The third kappa shape index (κ3) is 2.94. The number of aliphatic hydroxyl groups excluding tert-OH is 2. The highest BCUT2D eigenvalue weighted by atomic mass is 35.5. The molecule has 86 valence electrons. The Morgan fingerprint density at radius 2 is 2.12 bits per heavy atom. The molecule has 0 aliphatic rings. The van der Waals surface area contributed by atoms with Crippen molar-refractivity contribution in [1.29, 1.82) is 5.26 Å². The minimum Gasteiger partial charge on any atom is -0.390 e. The van der Waals surface area contributed by atoms with Crippen LogP contribution in [-0.4, -0.2) is 22.9 Å². The van der Waals surface area contributed by atoms with Crippen LogP contribution in [-0.2, 0) is 0 Å². The maximum atomic E-state index is 9.77. The second kappa shape index (κ2) is 5.83. The van der Waals surface area contributed by atoms with Crippen molar-refractivity contribution in [2.75, 3.05) is 6.54 Å². The quantitative estimate of drug-likeness (QED) is 0.731. The summed E-state index contributed by atoms with van der Waals surface area (Å²) in [4.78, 5) is 0. The molecule has 0 aromatic heterocycles. The molecule has 5 heteroatoms. The standard InChI is InChI=1S/C11H13ClN2O2/c12-9-2-1-7(5-8(9)6-14)11(16)10(15)3-4-13/h1-2,5,10-11,15-16H,3-4,13H2. The number of nitriles is 1. The van der Waals surface area contributed by atoms with Crippen molar-refractivity contribution < 1.29 is 10.2 Å². The number of rotatable bonds is 4. The summed E-state index contributed by atoms with van der Waals surface area (Å²) in [5, 5.41) is 28.4. The molecule has 1 aromatic rings. The molecule has 0 heterocycles. The molecule has 1 rings (SSSR count). The molecule has 0 bridgehead atoms. The van der Waals surface area contributed by atoms with E-state index in [2.05, 4.69) is 0 Å². The highest BCUT2D eigenvalue weighted by Crippen LogP contribution is 2.23. The third-order valence-corrected chi connectivity index (χ3v) is 2.61. The molecule has 0 amide bonds. The lowest BCUT2D eigenvalue weighted by atomic mass is 10.0. The molecule has 1 aromatic carbocycles. The van der Waals surface area contributed by atoms with Crippen LogP contribution >= 0.6 is 11.6 Å². The fraction of sp³-hybridized carbons (Fsp3) is 0.364. The first kappa shape index (κ1) is 12.9. The molecule has 2 atom stereocenters. The third-order valence-electron chi connectivity index (χ3n) is 2.28. The van der Waals surface area contributed by atoms with Gasteiger partial charge in [-0.3, -0.25) is 0 Å². The maximum absolute atomic E-state index is 9.77. The molecule has 2 unspecified atom stereocenters. The van der Waals surface area contributed by atoms with Gasteiger partial charge in [-0.1, -0.05) is 17.7 Å². The largest absolute Gasteiger partial charge is 0.390 e. The number of benzene rings is 1. The molecule has 0 aliphatic heterocycles. The van der Waals surface area contributed by atoms with Gasteiger partial charge in [-0.15, -0.1) is 0 Å². The van der Waals surface area contributed by atoms with Crippen molar-refractivity contribution in [1.82, 2.24) is 0 Å². The first-order valence-electron chi connectivity index (χ1n) is 4.86. The number of aliphatic hydroxyl groups is 2. The van der Waals surface area contributed by atoms with E-state index in [1.165, 1.54) is 12.1 Å². The summed E-state index contributed by atoms with van der Waals surface area (Å²) in [7, 11) is 0. The number of nitrogens with zero attached hydrogens (tertiary/aromatic N) is 1. The number of nitrogens with two attached hydrogens (primary N) is 1. The Morgan fingerprint density at radius 1 is 1.44 bits per heavy atom. The van der Waals surface area contributed by atoms with Gasteiger partial charge < -0.3 is 15.9 Å². The molecule has 4 nitrogen and oxygen atoms in total. The fourth-order valence-corrected chi connectivity index (χ4v) is 1.52. The van der Waals surface area contributed by atoms with E-state index >= 15 is 0 Å². The zero-order valence-electron chi connectivity index (χ0n) is 8.60. The van der Waals surface area contributed by atoms with Crippen LogP contribution in [0.4, 0.5) is 0 Å². The van der Waals surface area contributed by atoms with Crippen LogP contribution in [0.25, 0.3) is 0 Å². The highest BCUT2D eigenvalue weighted by molar-refractivity contribution is 6.31. The summed E-state index contributed by atoms with van der Waals surface area (Å²) in [6, 6.07) is 6.48.